The summed E-state index contributed by atoms with van der Waals surface area (Å²) in [6.07, 6.45) is 0. The van der Waals surface area contributed by atoms with Crippen LogP contribution in [0, 0.1) is 5.82 Å². The molecule has 7 nitrogen and oxygen atoms in total. The first-order valence-electron chi connectivity index (χ1n) is 10.6. The summed E-state index contributed by atoms with van der Waals surface area (Å²) in [5, 5.41) is 2.86. The Labute approximate surface area is 197 Å². The highest BCUT2D eigenvalue weighted by atomic mass is 19.1. The van der Waals surface area contributed by atoms with Gasteiger partial charge in [-0.05, 0) is 59.7 Å². The number of ether oxygens (including phenoxy) is 3. The molecule has 3 aromatic carbocycles. The van der Waals surface area contributed by atoms with Gasteiger partial charge in [0.1, 0.15) is 11.6 Å². The molecule has 0 aliphatic carbocycles. The summed E-state index contributed by atoms with van der Waals surface area (Å²) in [7, 11) is 6.21. The molecule has 0 fully saturated rings. The van der Waals surface area contributed by atoms with Gasteiger partial charge in [0.15, 0.2) is 11.5 Å². The average Bonchev–Trinajstić information content (AvgIpc) is 2.86. The van der Waals surface area contributed by atoms with E-state index in [2.05, 4.69) is 5.32 Å². The molecule has 8 heteroatoms. The van der Waals surface area contributed by atoms with E-state index in [0.717, 1.165) is 5.56 Å². The van der Waals surface area contributed by atoms with Crippen LogP contribution in [-0.2, 0) is 4.79 Å². The van der Waals surface area contributed by atoms with Crippen LogP contribution in [0.25, 0.3) is 0 Å². The van der Waals surface area contributed by atoms with Crippen LogP contribution in [0.5, 0.6) is 17.2 Å². The minimum absolute atomic E-state index is 0.248. The van der Waals surface area contributed by atoms with E-state index in [1.54, 1.807) is 43.3 Å². The summed E-state index contributed by atoms with van der Waals surface area (Å²) in [5.74, 6) is -0.319. The Hall–Kier alpha value is -4.07. The van der Waals surface area contributed by atoms with Crippen molar-refractivity contribution >= 4 is 17.5 Å². The number of nitrogens with one attached hydrogen (secondary N) is 1. The second-order valence-electron chi connectivity index (χ2n) is 7.90. The maximum Gasteiger partial charge on any atom is 0.254 e. The van der Waals surface area contributed by atoms with E-state index in [1.807, 2.05) is 12.1 Å². The third kappa shape index (κ3) is 4.14. The number of halogens is 1. The number of nitrogens with zero attached hydrogens (tertiary/aromatic N) is 1. The van der Waals surface area contributed by atoms with Gasteiger partial charge in [-0.2, -0.15) is 0 Å². The van der Waals surface area contributed by atoms with Crippen molar-refractivity contribution in [3.8, 4) is 17.2 Å². The molecule has 176 valence electrons. The molecule has 2 atom stereocenters. The summed E-state index contributed by atoms with van der Waals surface area (Å²) in [6, 6.07) is 15.4. The number of fused-ring (bicyclic) bond motifs is 1. The molecule has 0 radical (unpaired) electrons. The van der Waals surface area contributed by atoms with Crippen LogP contribution in [0.2, 0.25) is 0 Å². The Morgan fingerprint density at radius 3 is 2.12 bits per heavy atom. The zero-order chi connectivity index (χ0) is 24.4. The first kappa shape index (κ1) is 23.1. The van der Waals surface area contributed by atoms with Crippen LogP contribution in [0.15, 0.2) is 60.7 Å². The van der Waals surface area contributed by atoms with Gasteiger partial charge in [-0.1, -0.05) is 12.1 Å². The van der Waals surface area contributed by atoms with Crippen molar-refractivity contribution in [3.63, 3.8) is 0 Å². The highest BCUT2D eigenvalue weighted by Gasteiger charge is 2.43. The molecule has 3 aromatic rings. The normalized spacial score (nSPS) is 17.1. The molecule has 0 saturated carbocycles. The monoisotopic (exact) mass is 464 g/mol. The van der Waals surface area contributed by atoms with Gasteiger partial charge in [0.25, 0.3) is 5.91 Å². The average molecular weight is 464 g/mol. The highest BCUT2D eigenvalue weighted by molar-refractivity contribution is 6.04. The number of anilines is 1. The second-order valence-corrected chi connectivity index (χ2v) is 7.90. The topological polar surface area (TPSA) is 77.1 Å². The summed E-state index contributed by atoms with van der Waals surface area (Å²) >= 11 is 0. The van der Waals surface area contributed by atoms with E-state index in [-0.39, 0.29) is 11.8 Å². The number of carbonyl (C=O) groups excluding carboxylic acids is 2. The largest absolute Gasteiger partial charge is 0.497 e. The summed E-state index contributed by atoms with van der Waals surface area (Å²) in [4.78, 5) is 28.6. The van der Waals surface area contributed by atoms with Gasteiger partial charge in [0.05, 0.1) is 33.3 Å². The number of likely N-dealkylation sites (N-methyl/N-ethyl adjacent to an activating group) is 1. The van der Waals surface area contributed by atoms with Crippen LogP contribution >= 0.6 is 0 Å². The minimum atomic E-state index is -0.782. The van der Waals surface area contributed by atoms with Crippen LogP contribution in [0.4, 0.5) is 10.1 Å². The van der Waals surface area contributed by atoms with Crippen molar-refractivity contribution in [1.82, 2.24) is 4.90 Å². The molecule has 0 bridgehead atoms. The van der Waals surface area contributed by atoms with E-state index in [0.29, 0.717) is 34.1 Å². The van der Waals surface area contributed by atoms with E-state index in [1.165, 1.54) is 38.5 Å². The Bertz CT molecular complexity index is 1210. The number of carbonyl (C=O) groups is 2. The molecule has 34 heavy (non-hydrogen) atoms. The lowest BCUT2D eigenvalue weighted by molar-refractivity contribution is -0.119. The zero-order valence-corrected chi connectivity index (χ0v) is 19.3. The quantitative estimate of drug-likeness (QED) is 0.585. The molecule has 4 rings (SSSR count). The summed E-state index contributed by atoms with van der Waals surface area (Å²) in [5.41, 5.74) is 2.07. The molecule has 0 aromatic heterocycles. The van der Waals surface area contributed by atoms with E-state index >= 15 is 0 Å². The van der Waals surface area contributed by atoms with Crippen LogP contribution < -0.4 is 19.5 Å². The van der Waals surface area contributed by atoms with Crippen molar-refractivity contribution in [2.45, 2.75) is 12.0 Å². The lowest BCUT2D eigenvalue weighted by Gasteiger charge is -2.40. The molecule has 1 aliphatic rings. The zero-order valence-electron chi connectivity index (χ0n) is 19.3. The van der Waals surface area contributed by atoms with E-state index in [4.69, 9.17) is 14.2 Å². The van der Waals surface area contributed by atoms with Gasteiger partial charge in [-0.15, -0.1) is 0 Å². The minimum Gasteiger partial charge on any atom is -0.497 e. The maximum atomic E-state index is 13.7. The van der Waals surface area contributed by atoms with Gasteiger partial charge >= 0.3 is 0 Å². The van der Waals surface area contributed by atoms with Gasteiger partial charge in [0.2, 0.25) is 5.91 Å². The van der Waals surface area contributed by atoms with Crippen molar-refractivity contribution in [3.05, 3.63) is 83.2 Å². The van der Waals surface area contributed by atoms with E-state index in [9.17, 15) is 14.0 Å². The number of benzene rings is 3. The number of rotatable bonds is 6. The molecule has 1 aliphatic heterocycles. The number of amides is 2. The van der Waals surface area contributed by atoms with Crippen molar-refractivity contribution in [2.75, 3.05) is 33.7 Å². The van der Waals surface area contributed by atoms with Crippen molar-refractivity contribution in [1.29, 1.82) is 0 Å². The molecular weight excluding hydrogens is 439 g/mol. The van der Waals surface area contributed by atoms with Crippen LogP contribution in [-0.4, -0.2) is 45.1 Å². The predicted octanol–water partition coefficient (Wildman–Crippen LogP) is 4.40. The van der Waals surface area contributed by atoms with Crippen molar-refractivity contribution in [2.24, 2.45) is 0 Å². The van der Waals surface area contributed by atoms with Gasteiger partial charge in [-0.25, -0.2) is 4.39 Å². The molecule has 0 saturated heterocycles. The number of methoxy groups -OCH3 is 3. The van der Waals surface area contributed by atoms with Crippen molar-refractivity contribution < 1.29 is 28.2 Å². The highest BCUT2D eigenvalue weighted by Crippen LogP contribution is 2.46. The first-order chi connectivity index (χ1) is 16.4. The molecule has 1 heterocycles. The Kier molecular flexibility index (Phi) is 6.40. The fourth-order valence-electron chi connectivity index (χ4n) is 4.30. The lowest BCUT2D eigenvalue weighted by atomic mass is 9.79. The predicted molar refractivity (Wildman–Crippen MR) is 125 cm³/mol. The second kappa shape index (κ2) is 9.43. The summed E-state index contributed by atoms with van der Waals surface area (Å²) in [6.45, 7) is 0. The first-order valence-corrected chi connectivity index (χ1v) is 10.6. The Morgan fingerprint density at radius 1 is 0.912 bits per heavy atom. The van der Waals surface area contributed by atoms with Gasteiger partial charge < -0.3 is 24.4 Å². The maximum absolute atomic E-state index is 13.7. The molecule has 2 amide bonds. The third-order valence-corrected chi connectivity index (χ3v) is 6.03. The molecular formula is C26H25FN2O5. The van der Waals surface area contributed by atoms with Crippen LogP contribution in [0.3, 0.4) is 0 Å². The molecule has 0 unspecified atom stereocenters. The fraction of sp³-hybridized carbons (Fsp3) is 0.231. The number of hydrogen-bond donors (Lipinski definition) is 1. The summed E-state index contributed by atoms with van der Waals surface area (Å²) < 4.78 is 29.5. The third-order valence-electron chi connectivity index (χ3n) is 6.03. The molecule has 1 N–H and O–H groups in total. The molecule has 0 spiro atoms. The Balaban J connectivity index is 1.86. The van der Waals surface area contributed by atoms with Gasteiger partial charge in [-0.3, -0.25) is 9.59 Å². The fourth-order valence-corrected chi connectivity index (χ4v) is 4.30. The Morgan fingerprint density at radius 2 is 1.53 bits per heavy atom. The van der Waals surface area contributed by atoms with E-state index < -0.39 is 17.8 Å². The van der Waals surface area contributed by atoms with Crippen LogP contribution in [0.1, 0.15) is 33.4 Å². The smallest absolute Gasteiger partial charge is 0.254 e. The lowest BCUT2D eigenvalue weighted by Crippen LogP contribution is -2.44. The standard InChI is InChI=1S/C26H25FN2O5/c1-29-24(15-5-11-18(32-2)12-6-15)23(25(30)28-17-9-7-16(27)8-10-17)19-13-21(33-3)22(34-4)14-20(19)26(29)31/h5-14,23-24H,1-4H3,(H,28,30)/t23-,24-/m1/s1. The van der Waals surface area contributed by atoms with Gasteiger partial charge in [0, 0.05) is 18.3 Å². The number of hydrogen-bond acceptors (Lipinski definition) is 5. The SMILES string of the molecule is COc1ccc([C@@H]2[C@H](C(=O)Nc3ccc(F)cc3)c3cc(OC)c(OC)cc3C(=O)N2C)cc1.